The second kappa shape index (κ2) is 6.25. The summed E-state index contributed by atoms with van der Waals surface area (Å²) in [5.41, 5.74) is 0.927. The van der Waals surface area contributed by atoms with E-state index in [2.05, 4.69) is 0 Å². The highest BCUT2D eigenvalue weighted by atomic mass is 32.2. The van der Waals surface area contributed by atoms with E-state index in [1.807, 2.05) is 0 Å². The van der Waals surface area contributed by atoms with Gasteiger partial charge in [0.05, 0.1) is 24.8 Å². The number of rotatable bonds is 5. The SMILES string of the molecule is COc1ccc(S(=O)(=O)N2CCc3ccc([N+](=O)[O-])cc32)c(OC)c1. The number of anilines is 1. The number of ether oxygens (including phenoxy) is 2. The summed E-state index contributed by atoms with van der Waals surface area (Å²) < 4.78 is 37.6. The number of methoxy groups -OCH3 is 2. The largest absolute Gasteiger partial charge is 0.497 e. The van der Waals surface area contributed by atoms with Gasteiger partial charge in [-0.15, -0.1) is 0 Å². The maximum atomic E-state index is 13.1. The number of fused-ring (bicyclic) bond motifs is 1. The molecule has 0 aromatic heterocycles. The average Bonchev–Trinajstić information content (AvgIpc) is 3.04. The summed E-state index contributed by atoms with van der Waals surface area (Å²) in [5.74, 6) is 0.617. The van der Waals surface area contributed by atoms with Crippen molar-refractivity contribution in [2.45, 2.75) is 11.3 Å². The van der Waals surface area contributed by atoms with Crippen molar-refractivity contribution in [2.75, 3.05) is 25.1 Å². The fourth-order valence-corrected chi connectivity index (χ4v) is 4.44. The van der Waals surface area contributed by atoms with E-state index < -0.39 is 14.9 Å². The first-order valence-corrected chi connectivity index (χ1v) is 8.84. The van der Waals surface area contributed by atoms with Gasteiger partial charge in [0, 0.05) is 24.7 Å². The number of benzene rings is 2. The van der Waals surface area contributed by atoms with Gasteiger partial charge in [-0.25, -0.2) is 8.42 Å². The Labute approximate surface area is 144 Å². The Morgan fingerprint density at radius 2 is 1.88 bits per heavy atom. The van der Waals surface area contributed by atoms with Crippen molar-refractivity contribution in [3.63, 3.8) is 0 Å². The summed E-state index contributed by atoms with van der Waals surface area (Å²) in [6, 6.07) is 8.67. The van der Waals surface area contributed by atoms with Gasteiger partial charge < -0.3 is 9.47 Å². The van der Waals surface area contributed by atoms with Gasteiger partial charge in [-0.05, 0) is 24.1 Å². The molecule has 3 rings (SSSR count). The highest BCUT2D eigenvalue weighted by Crippen LogP contribution is 2.38. The number of hydrogen-bond acceptors (Lipinski definition) is 6. The molecule has 1 heterocycles. The third-order valence-electron chi connectivity index (χ3n) is 4.07. The molecule has 0 spiro atoms. The minimum Gasteiger partial charge on any atom is -0.497 e. The maximum Gasteiger partial charge on any atom is 0.271 e. The van der Waals surface area contributed by atoms with Crippen LogP contribution in [-0.2, 0) is 16.4 Å². The van der Waals surface area contributed by atoms with E-state index in [1.165, 1.54) is 48.9 Å². The van der Waals surface area contributed by atoms with E-state index in [0.717, 1.165) is 5.56 Å². The first-order valence-electron chi connectivity index (χ1n) is 7.40. The molecule has 2 aromatic carbocycles. The number of hydrogen-bond donors (Lipinski definition) is 0. The third-order valence-corrected chi connectivity index (χ3v) is 5.92. The lowest BCUT2D eigenvalue weighted by atomic mass is 10.1. The Hall–Kier alpha value is -2.81. The topological polar surface area (TPSA) is 99.0 Å². The molecule has 1 aliphatic heterocycles. The Balaban J connectivity index is 2.09. The number of nitrogens with zero attached hydrogens (tertiary/aromatic N) is 2. The van der Waals surface area contributed by atoms with E-state index in [0.29, 0.717) is 17.9 Å². The van der Waals surface area contributed by atoms with Crippen molar-refractivity contribution in [3.8, 4) is 11.5 Å². The molecule has 25 heavy (non-hydrogen) atoms. The fourth-order valence-electron chi connectivity index (χ4n) is 2.81. The molecular weight excluding hydrogens is 348 g/mol. The lowest BCUT2D eigenvalue weighted by Gasteiger charge is -2.21. The molecule has 0 atom stereocenters. The Morgan fingerprint density at radius 1 is 1.12 bits per heavy atom. The van der Waals surface area contributed by atoms with Crippen molar-refractivity contribution in [1.29, 1.82) is 0 Å². The van der Waals surface area contributed by atoms with E-state index in [9.17, 15) is 18.5 Å². The van der Waals surface area contributed by atoms with Crippen LogP contribution in [0.4, 0.5) is 11.4 Å². The molecule has 0 amide bonds. The fraction of sp³-hybridized carbons (Fsp3) is 0.250. The van der Waals surface area contributed by atoms with E-state index in [4.69, 9.17) is 9.47 Å². The van der Waals surface area contributed by atoms with Gasteiger partial charge in [0.1, 0.15) is 16.4 Å². The molecule has 8 nitrogen and oxygen atoms in total. The van der Waals surface area contributed by atoms with Gasteiger partial charge in [0.2, 0.25) is 0 Å². The van der Waals surface area contributed by atoms with Crippen LogP contribution in [0.3, 0.4) is 0 Å². The molecule has 0 saturated carbocycles. The molecule has 0 radical (unpaired) electrons. The van der Waals surface area contributed by atoms with Gasteiger partial charge >= 0.3 is 0 Å². The number of sulfonamides is 1. The van der Waals surface area contributed by atoms with Crippen LogP contribution in [0.15, 0.2) is 41.3 Å². The zero-order chi connectivity index (χ0) is 18.2. The second-order valence-electron chi connectivity index (χ2n) is 5.41. The van der Waals surface area contributed by atoms with Gasteiger partial charge in [-0.2, -0.15) is 0 Å². The second-order valence-corrected chi connectivity index (χ2v) is 7.24. The van der Waals surface area contributed by atoms with Crippen LogP contribution in [0.1, 0.15) is 5.56 Å². The Morgan fingerprint density at radius 3 is 2.52 bits per heavy atom. The van der Waals surface area contributed by atoms with Crippen LogP contribution in [0.2, 0.25) is 0 Å². The van der Waals surface area contributed by atoms with Crippen LogP contribution in [0.5, 0.6) is 11.5 Å². The van der Waals surface area contributed by atoms with Crippen LogP contribution in [0.25, 0.3) is 0 Å². The molecule has 1 aliphatic rings. The van der Waals surface area contributed by atoms with Gasteiger partial charge in [0.15, 0.2) is 0 Å². The van der Waals surface area contributed by atoms with Crippen molar-refractivity contribution < 1.29 is 22.8 Å². The zero-order valence-corrected chi connectivity index (χ0v) is 14.4. The third kappa shape index (κ3) is 2.86. The maximum absolute atomic E-state index is 13.1. The predicted molar refractivity (Wildman–Crippen MR) is 90.9 cm³/mol. The Kier molecular flexibility index (Phi) is 4.25. The molecular formula is C16H16N2O6S. The molecule has 0 N–H and O–H groups in total. The molecule has 0 fully saturated rings. The summed E-state index contributed by atoms with van der Waals surface area (Å²) in [7, 11) is -1.09. The summed E-state index contributed by atoms with van der Waals surface area (Å²) in [5, 5.41) is 11.0. The van der Waals surface area contributed by atoms with Crippen LogP contribution >= 0.6 is 0 Å². The summed E-state index contributed by atoms with van der Waals surface area (Å²) >= 11 is 0. The van der Waals surface area contributed by atoms with E-state index in [1.54, 1.807) is 6.07 Å². The molecule has 0 bridgehead atoms. The number of nitro benzene ring substituents is 1. The van der Waals surface area contributed by atoms with Crippen molar-refractivity contribution in [1.82, 2.24) is 0 Å². The summed E-state index contributed by atoms with van der Waals surface area (Å²) in [6.07, 6.45) is 0.491. The smallest absolute Gasteiger partial charge is 0.271 e. The standard InChI is InChI=1S/C16H16N2O6S/c1-23-13-5-6-16(15(10-13)24-2)25(21,22)17-8-7-11-3-4-12(18(19)20)9-14(11)17/h3-6,9-10H,7-8H2,1-2H3. The molecule has 9 heteroatoms. The minimum absolute atomic E-state index is 0.0184. The van der Waals surface area contributed by atoms with Crippen molar-refractivity contribution in [3.05, 3.63) is 52.1 Å². The van der Waals surface area contributed by atoms with E-state index in [-0.39, 0.29) is 22.9 Å². The van der Waals surface area contributed by atoms with Crippen molar-refractivity contribution in [2.24, 2.45) is 0 Å². The molecule has 0 unspecified atom stereocenters. The number of nitro groups is 1. The Bertz CT molecular complexity index is 942. The highest BCUT2D eigenvalue weighted by molar-refractivity contribution is 7.93. The molecule has 0 aliphatic carbocycles. The van der Waals surface area contributed by atoms with Gasteiger partial charge in [0.25, 0.3) is 15.7 Å². The number of non-ortho nitro benzene ring substituents is 1. The monoisotopic (exact) mass is 364 g/mol. The van der Waals surface area contributed by atoms with Gasteiger partial charge in [-0.1, -0.05) is 6.07 Å². The normalized spacial score (nSPS) is 13.4. The van der Waals surface area contributed by atoms with Crippen LogP contribution in [-0.4, -0.2) is 34.1 Å². The lowest BCUT2D eigenvalue weighted by molar-refractivity contribution is -0.384. The minimum atomic E-state index is -3.93. The zero-order valence-electron chi connectivity index (χ0n) is 13.6. The predicted octanol–water partition coefficient (Wildman–Crippen LogP) is 2.36. The molecule has 132 valence electrons. The van der Waals surface area contributed by atoms with Crippen LogP contribution in [0, 0.1) is 10.1 Å². The quantitative estimate of drug-likeness (QED) is 0.596. The lowest BCUT2D eigenvalue weighted by Crippen LogP contribution is -2.29. The first kappa shape index (κ1) is 17.0. The first-order chi connectivity index (χ1) is 11.9. The molecule has 2 aromatic rings. The highest BCUT2D eigenvalue weighted by Gasteiger charge is 2.34. The molecule has 0 saturated heterocycles. The van der Waals surface area contributed by atoms with Crippen molar-refractivity contribution >= 4 is 21.4 Å². The summed E-state index contributed by atoms with van der Waals surface area (Å²) in [6.45, 7) is 0.216. The van der Waals surface area contributed by atoms with Gasteiger partial charge in [-0.3, -0.25) is 14.4 Å². The average molecular weight is 364 g/mol. The summed E-state index contributed by atoms with van der Waals surface area (Å²) in [4.78, 5) is 10.4. The van der Waals surface area contributed by atoms with E-state index >= 15 is 0 Å². The van der Waals surface area contributed by atoms with Crippen LogP contribution < -0.4 is 13.8 Å².